The second-order valence-corrected chi connectivity index (χ2v) is 5.62. The maximum absolute atomic E-state index is 11.6. The zero-order valence-electron chi connectivity index (χ0n) is 9.04. The summed E-state index contributed by atoms with van der Waals surface area (Å²) in [6, 6.07) is 6.94. The van der Waals surface area contributed by atoms with E-state index in [9.17, 15) is 13.2 Å². The standard InChI is InChI=1S/C10H12N2O3S/c1-11-8-5-3-4-6-9(8)12(7-10(11)13)16(2,14)15/h3-6H,7H2,1-2H3. The molecule has 1 aliphatic rings. The summed E-state index contributed by atoms with van der Waals surface area (Å²) in [6.07, 6.45) is 1.10. The molecule has 86 valence electrons. The van der Waals surface area contributed by atoms with Gasteiger partial charge in [-0.1, -0.05) is 12.1 Å². The fraction of sp³-hybridized carbons (Fsp3) is 0.300. The van der Waals surface area contributed by atoms with Gasteiger partial charge < -0.3 is 4.90 Å². The Bertz CT molecular complexity index is 539. The molecule has 0 spiro atoms. The van der Waals surface area contributed by atoms with Crippen LogP contribution in [0.5, 0.6) is 0 Å². The van der Waals surface area contributed by atoms with E-state index in [1.807, 2.05) is 0 Å². The highest BCUT2D eigenvalue weighted by atomic mass is 32.2. The molecular weight excluding hydrogens is 228 g/mol. The van der Waals surface area contributed by atoms with E-state index in [0.717, 1.165) is 10.6 Å². The van der Waals surface area contributed by atoms with Gasteiger partial charge in [0.2, 0.25) is 15.9 Å². The summed E-state index contributed by atoms with van der Waals surface area (Å²) >= 11 is 0. The summed E-state index contributed by atoms with van der Waals surface area (Å²) in [5, 5.41) is 0. The third kappa shape index (κ3) is 1.65. The second-order valence-electron chi connectivity index (χ2n) is 3.71. The number of nitrogens with zero attached hydrogens (tertiary/aromatic N) is 2. The largest absolute Gasteiger partial charge is 0.312 e. The highest BCUT2D eigenvalue weighted by molar-refractivity contribution is 7.92. The van der Waals surface area contributed by atoms with E-state index in [1.54, 1.807) is 31.3 Å². The summed E-state index contributed by atoms with van der Waals surface area (Å²) in [6.45, 7) is -0.133. The lowest BCUT2D eigenvalue weighted by Gasteiger charge is -2.33. The van der Waals surface area contributed by atoms with Crippen molar-refractivity contribution in [1.29, 1.82) is 0 Å². The average Bonchev–Trinajstić information content (AvgIpc) is 2.22. The van der Waals surface area contributed by atoms with Crippen molar-refractivity contribution in [2.45, 2.75) is 0 Å². The molecule has 0 unspecified atom stereocenters. The molecule has 2 rings (SSSR count). The highest BCUT2D eigenvalue weighted by Crippen LogP contribution is 2.33. The number of carbonyl (C=O) groups is 1. The van der Waals surface area contributed by atoms with E-state index in [-0.39, 0.29) is 12.5 Å². The van der Waals surface area contributed by atoms with Crippen LogP contribution >= 0.6 is 0 Å². The van der Waals surface area contributed by atoms with E-state index in [0.29, 0.717) is 11.4 Å². The van der Waals surface area contributed by atoms with Gasteiger partial charge in [0.05, 0.1) is 17.6 Å². The van der Waals surface area contributed by atoms with Crippen molar-refractivity contribution < 1.29 is 13.2 Å². The third-order valence-corrected chi connectivity index (χ3v) is 3.69. The van der Waals surface area contributed by atoms with E-state index < -0.39 is 10.0 Å². The number of hydrogen-bond acceptors (Lipinski definition) is 3. The molecule has 6 heteroatoms. The van der Waals surface area contributed by atoms with Crippen LogP contribution in [0.4, 0.5) is 11.4 Å². The summed E-state index contributed by atoms with van der Waals surface area (Å²) in [4.78, 5) is 13.1. The van der Waals surface area contributed by atoms with Crippen molar-refractivity contribution in [1.82, 2.24) is 0 Å². The Kier molecular flexibility index (Phi) is 2.38. The van der Waals surface area contributed by atoms with Crippen LogP contribution < -0.4 is 9.21 Å². The molecule has 1 aromatic rings. The van der Waals surface area contributed by atoms with Crippen LogP contribution in [0.15, 0.2) is 24.3 Å². The number of rotatable bonds is 1. The van der Waals surface area contributed by atoms with Gasteiger partial charge in [0.15, 0.2) is 0 Å². The van der Waals surface area contributed by atoms with Gasteiger partial charge in [0.25, 0.3) is 0 Å². The Labute approximate surface area is 94.3 Å². The van der Waals surface area contributed by atoms with Gasteiger partial charge in [0, 0.05) is 7.05 Å². The number of hydrogen-bond donors (Lipinski definition) is 0. The molecule has 0 aliphatic carbocycles. The van der Waals surface area contributed by atoms with Crippen LogP contribution in [0.25, 0.3) is 0 Å². The number of carbonyl (C=O) groups excluding carboxylic acids is 1. The van der Waals surface area contributed by atoms with Crippen LogP contribution in [0, 0.1) is 0 Å². The van der Waals surface area contributed by atoms with Crippen molar-refractivity contribution in [3.8, 4) is 0 Å². The summed E-state index contributed by atoms with van der Waals surface area (Å²) < 4.78 is 24.2. The Morgan fingerprint density at radius 2 is 1.75 bits per heavy atom. The van der Waals surface area contributed by atoms with E-state index in [4.69, 9.17) is 0 Å². The van der Waals surface area contributed by atoms with Gasteiger partial charge in [-0.2, -0.15) is 0 Å². The first kappa shape index (κ1) is 10.9. The van der Waals surface area contributed by atoms with Crippen molar-refractivity contribution in [2.75, 3.05) is 29.1 Å². The minimum Gasteiger partial charge on any atom is -0.312 e. The van der Waals surface area contributed by atoms with Gasteiger partial charge in [0.1, 0.15) is 6.54 Å². The van der Waals surface area contributed by atoms with Crippen LogP contribution in [0.2, 0.25) is 0 Å². The van der Waals surface area contributed by atoms with Gasteiger partial charge in [-0.25, -0.2) is 8.42 Å². The van der Waals surface area contributed by atoms with Gasteiger partial charge in [-0.05, 0) is 12.1 Å². The Morgan fingerprint density at radius 1 is 1.19 bits per heavy atom. The molecule has 1 aliphatic heterocycles. The molecule has 0 bridgehead atoms. The molecule has 0 radical (unpaired) electrons. The predicted molar refractivity (Wildman–Crippen MR) is 62.0 cm³/mol. The fourth-order valence-corrected chi connectivity index (χ4v) is 2.56. The number of para-hydroxylation sites is 2. The van der Waals surface area contributed by atoms with Gasteiger partial charge in [-0.3, -0.25) is 9.10 Å². The Hall–Kier alpha value is -1.56. The Morgan fingerprint density at radius 3 is 2.31 bits per heavy atom. The van der Waals surface area contributed by atoms with Crippen molar-refractivity contribution in [2.24, 2.45) is 0 Å². The van der Waals surface area contributed by atoms with Crippen LogP contribution in [0.1, 0.15) is 0 Å². The number of anilines is 2. The van der Waals surface area contributed by atoms with E-state index >= 15 is 0 Å². The van der Waals surface area contributed by atoms with E-state index in [2.05, 4.69) is 0 Å². The quantitative estimate of drug-likeness (QED) is 0.715. The van der Waals surface area contributed by atoms with Gasteiger partial charge in [-0.15, -0.1) is 0 Å². The normalized spacial score (nSPS) is 16.2. The molecule has 0 saturated heterocycles. The number of fused-ring (bicyclic) bond motifs is 1. The number of likely N-dealkylation sites (N-methyl/N-ethyl adjacent to an activating group) is 1. The molecule has 0 aromatic heterocycles. The lowest BCUT2D eigenvalue weighted by Crippen LogP contribution is -2.46. The number of benzene rings is 1. The van der Waals surface area contributed by atoms with Crippen molar-refractivity contribution in [3.63, 3.8) is 0 Å². The summed E-state index contributed by atoms with van der Waals surface area (Å²) in [5.74, 6) is -0.232. The van der Waals surface area contributed by atoms with Crippen LogP contribution in [-0.2, 0) is 14.8 Å². The zero-order chi connectivity index (χ0) is 11.9. The maximum Gasteiger partial charge on any atom is 0.247 e. The first-order chi connectivity index (χ1) is 7.41. The van der Waals surface area contributed by atoms with Crippen molar-refractivity contribution in [3.05, 3.63) is 24.3 Å². The molecule has 0 saturated carbocycles. The molecular formula is C10H12N2O3S. The summed E-state index contributed by atoms with van der Waals surface area (Å²) in [7, 11) is -1.77. The monoisotopic (exact) mass is 240 g/mol. The van der Waals surface area contributed by atoms with Gasteiger partial charge >= 0.3 is 0 Å². The second kappa shape index (κ2) is 3.48. The number of sulfonamides is 1. The maximum atomic E-state index is 11.6. The molecule has 1 amide bonds. The molecule has 0 N–H and O–H groups in total. The van der Waals surface area contributed by atoms with Crippen LogP contribution in [0.3, 0.4) is 0 Å². The predicted octanol–water partition coefficient (Wildman–Crippen LogP) is 0.429. The van der Waals surface area contributed by atoms with Crippen LogP contribution in [-0.4, -0.2) is 34.2 Å². The molecule has 0 atom stereocenters. The first-order valence-corrected chi connectivity index (χ1v) is 6.59. The average molecular weight is 240 g/mol. The van der Waals surface area contributed by atoms with Crippen molar-refractivity contribution >= 4 is 27.3 Å². The lowest BCUT2D eigenvalue weighted by molar-refractivity contribution is -0.117. The minimum absolute atomic E-state index is 0.133. The smallest absolute Gasteiger partial charge is 0.247 e. The Balaban J connectivity index is 2.62. The lowest BCUT2D eigenvalue weighted by atomic mass is 10.2. The van der Waals surface area contributed by atoms with E-state index in [1.165, 1.54) is 4.90 Å². The molecule has 1 heterocycles. The molecule has 1 aromatic carbocycles. The third-order valence-electron chi connectivity index (χ3n) is 2.57. The topological polar surface area (TPSA) is 57.7 Å². The zero-order valence-corrected chi connectivity index (χ0v) is 9.86. The number of amides is 1. The molecule has 16 heavy (non-hydrogen) atoms. The first-order valence-electron chi connectivity index (χ1n) is 4.74. The fourth-order valence-electron chi connectivity index (χ4n) is 1.70. The molecule has 0 fully saturated rings. The minimum atomic E-state index is -3.41. The summed E-state index contributed by atoms with van der Waals surface area (Å²) in [5.41, 5.74) is 1.16. The SMILES string of the molecule is CN1C(=O)CN(S(C)(=O)=O)c2ccccc21. The highest BCUT2D eigenvalue weighted by Gasteiger charge is 2.31. The molecule has 5 nitrogen and oxygen atoms in total.